The summed E-state index contributed by atoms with van der Waals surface area (Å²) in [5.74, 6) is -0.470. The van der Waals surface area contributed by atoms with Crippen molar-refractivity contribution in [3.8, 4) is 0 Å². The van der Waals surface area contributed by atoms with Gasteiger partial charge in [-0.1, -0.05) is 0 Å². The van der Waals surface area contributed by atoms with Crippen LogP contribution >= 0.6 is 0 Å². The number of hydrogen-bond donors (Lipinski definition) is 1. The van der Waals surface area contributed by atoms with Crippen LogP contribution in [0.5, 0.6) is 0 Å². The van der Waals surface area contributed by atoms with Gasteiger partial charge in [0.05, 0.1) is 0 Å². The van der Waals surface area contributed by atoms with Crippen LogP contribution < -0.4 is 5.32 Å². The third-order valence-electron chi connectivity index (χ3n) is 2.38. The fourth-order valence-corrected chi connectivity index (χ4v) is 1.41. The highest BCUT2D eigenvalue weighted by atomic mass is 19.1. The van der Waals surface area contributed by atoms with Crippen molar-refractivity contribution in [2.45, 2.75) is 20.3 Å². The number of carbonyl (C=O) groups excluding carboxylic acids is 1. The Morgan fingerprint density at radius 2 is 2.24 bits per heavy atom. The van der Waals surface area contributed by atoms with E-state index in [4.69, 9.17) is 4.74 Å². The van der Waals surface area contributed by atoms with Crippen molar-refractivity contribution in [1.82, 2.24) is 5.32 Å². The molecule has 0 fully saturated rings. The first kappa shape index (κ1) is 13.6. The molecule has 1 aromatic carbocycles. The summed E-state index contributed by atoms with van der Waals surface area (Å²) < 4.78 is 18.2. The molecule has 0 aliphatic rings. The molecule has 94 valence electrons. The molecule has 0 heterocycles. The largest absolute Gasteiger partial charge is 0.382 e. The van der Waals surface area contributed by atoms with Crippen LogP contribution in [-0.2, 0) is 4.74 Å². The number of amides is 1. The van der Waals surface area contributed by atoms with Gasteiger partial charge in [-0.3, -0.25) is 4.79 Å². The lowest BCUT2D eigenvalue weighted by atomic mass is 10.1. The molecule has 1 amide bonds. The maximum atomic E-state index is 13.0. The number of halogens is 1. The van der Waals surface area contributed by atoms with Crippen molar-refractivity contribution in [3.63, 3.8) is 0 Å². The molecule has 0 atom stereocenters. The Labute approximate surface area is 101 Å². The summed E-state index contributed by atoms with van der Waals surface area (Å²) in [7, 11) is 0. The number of aryl methyl sites for hydroxylation is 1. The van der Waals surface area contributed by atoms with Gasteiger partial charge in [0.2, 0.25) is 0 Å². The molecule has 4 heteroatoms. The predicted molar refractivity (Wildman–Crippen MR) is 64.6 cm³/mol. The lowest BCUT2D eigenvalue weighted by Crippen LogP contribution is -2.25. The smallest absolute Gasteiger partial charge is 0.251 e. The SMILES string of the molecule is CCOCCCNC(=O)c1ccc(F)c(C)c1. The lowest BCUT2D eigenvalue weighted by Gasteiger charge is -2.06. The minimum Gasteiger partial charge on any atom is -0.382 e. The molecule has 0 bridgehead atoms. The van der Waals surface area contributed by atoms with Gasteiger partial charge in [0.15, 0.2) is 0 Å². The molecular formula is C13H18FNO2. The van der Waals surface area contributed by atoms with E-state index in [0.29, 0.717) is 30.9 Å². The van der Waals surface area contributed by atoms with Crippen LogP contribution in [0.2, 0.25) is 0 Å². The van der Waals surface area contributed by atoms with E-state index < -0.39 is 0 Å². The van der Waals surface area contributed by atoms with Crippen molar-refractivity contribution in [1.29, 1.82) is 0 Å². The summed E-state index contributed by atoms with van der Waals surface area (Å²) in [5, 5.41) is 2.76. The summed E-state index contributed by atoms with van der Waals surface area (Å²) >= 11 is 0. The van der Waals surface area contributed by atoms with Crippen molar-refractivity contribution < 1.29 is 13.9 Å². The number of hydrogen-bond acceptors (Lipinski definition) is 2. The number of rotatable bonds is 6. The zero-order chi connectivity index (χ0) is 12.7. The molecule has 0 aromatic heterocycles. The summed E-state index contributed by atoms with van der Waals surface area (Å²) in [6.45, 7) is 5.46. The Hall–Kier alpha value is -1.42. The van der Waals surface area contributed by atoms with E-state index in [1.54, 1.807) is 13.0 Å². The zero-order valence-electron chi connectivity index (χ0n) is 10.3. The molecule has 17 heavy (non-hydrogen) atoms. The van der Waals surface area contributed by atoms with Crippen LogP contribution in [-0.4, -0.2) is 25.7 Å². The van der Waals surface area contributed by atoms with Gasteiger partial charge in [0, 0.05) is 25.3 Å². The zero-order valence-corrected chi connectivity index (χ0v) is 10.3. The average molecular weight is 239 g/mol. The van der Waals surface area contributed by atoms with Gasteiger partial charge < -0.3 is 10.1 Å². The average Bonchev–Trinajstić information content (AvgIpc) is 2.32. The van der Waals surface area contributed by atoms with Gasteiger partial charge in [-0.2, -0.15) is 0 Å². The van der Waals surface area contributed by atoms with Crippen molar-refractivity contribution in [2.24, 2.45) is 0 Å². The Bertz CT molecular complexity index is 380. The van der Waals surface area contributed by atoms with E-state index in [2.05, 4.69) is 5.32 Å². The van der Waals surface area contributed by atoms with E-state index in [-0.39, 0.29) is 11.7 Å². The maximum Gasteiger partial charge on any atom is 0.251 e. The molecule has 0 spiro atoms. The van der Waals surface area contributed by atoms with Crippen LogP contribution in [0.4, 0.5) is 4.39 Å². The molecule has 0 radical (unpaired) electrons. The molecule has 1 N–H and O–H groups in total. The molecule has 0 aliphatic heterocycles. The minimum atomic E-state index is -0.294. The second kappa shape index (κ2) is 7.01. The highest BCUT2D eigenvalue weighted by molar-refractivity contribution is 5.94. The topological polar surface area (TPSA) is 38.3 Å². The van der Waals surface area contributed by atoms with Crippen molar-refractivity contribution in [2.75, 3.05) is 19.8 Å². The predicted octanol–water partition coefficient (Wildman–Crippen LogP) is 2.29. The van der Waals surface area contributed by atoms with Gasteiger partial charge >= 0.3 is 0 Å². The van der Waals surface area contributed by atoms with Crippen LogP contribution in [0.25, 0.3) is 0 Å². The molecule has 0 saturated heterocycles. The molecule has 0 unspecified atom stereocenters. The van der Waals surface area contributed by atoms with Gasteiger partial charge in [-0.15, -0.1) is 0 Å². The Balaban J connectivity index is 2.39. The second-order valence-electron chi connectivity index (χ2n) is 3.77. The summed E-state index contributed by atoms with van der Waals surface area (Å²) in [4.78, 5) is 11.7. The van der Waals surface area contributed by atoms with Gasteiger partial charge in [0.25, 0.3) is 5.91 Å². The minimum absolute atomic E-state index is 0.176. The highest BCUT2D eigenvalue weighted by Gasteiger charge is 2.06. The Morgan fingerprint density at radius 1 is 1.47 bits per heavy atom. The molecule has 3 nitrogen and oxygen atoms in total. The lowest BCUT2D eigenvalue weighted by molar-refractivity contribution is 0.0944. The maximum absolute atomic E-state index is 13.0. The van der Waals surface area contributed by atoms with Crippen LogP contribution in [0.15, 0.2) is 18.2 Å². The Morgan fingerprint density at radius 3 is 2.88 bits per heavy atom. The van der Waals surface area contributed by atoms with E-state index in [1.165, 1.54) is 12.1 Å². The van der Waals surface area contributed by atoms with Crippen molar-refractivity contribution in [3.05, 3.63) is 35.1 Å². The fourth-order valence-electron chi connectivity index (χ4n) is 1.41. The monoisotopic (exact) mass is 239 g/mol. The molecular weight excluding hydrogens is 221 g/mol. The molecule has 0 saturated carbocycles. The third-order valence-corrected chi connectivity index (χ3v) is 2.38. The first-order valence-corrected chi connectivity index (χ1v) is 5.77. The summed E-state index contributed by atoms with van der Waals surface area (Å²) in [6.07, 6.45) is 0.778. The van der Waals surface area contributed by atoms with Crippen molar-refractivity contribution >= 4 is 5.91 Å². The summed E-state index contributed by atoms with van der Waals surface area (Å²) in [6, 6.07) is 4.35. The van der Waals surface area contributed by atoms with Gasteiger partial charge in [-0.25, -0.2) is 4.39 Å². The first-order chi connectivity index (χ1) is 8.15. The standard InChI is InChI=1S/C13H18FNO2/c1-3-17-8-4-7-15-13(16)11-5-6-12(14)10(2)9-11/h5-6,9H,3-4,7-8H2,1-2H3,(H,15,16). The number of benzene rings is 1. The quantitative estimate of drug-likeness (QED) is 0.773. The molecule has 0 aliphatic carbocycles. The van der Waals surface area contributed by atoms with E-state index >= 15 is 0 Å². The van der Waals surface area contributed by atoms with E-state index in [1.807, 2.05) is 6.92 Å². The first-order valence-electron chi connectivity index (χ1n) is 5.77. The number of ether oxygens (including phenoxy) is 1. The van der Waals surface area contributed by atoms with Crippen LogP contribution in [0, 0.1) is 12.7 Å². The van der Waals surface area contributed by atoms with Gasteiger partial charge in [0.1, 0.15) is 5.82 Å². The number of nitrogens with one attached hydrogen (secondary N) is 1. The normalized spacial score (nSPS) is 10.3. The second-order valence-corrected chi connectivity index (χ2v) is 3.77. The Kier molecular flexibility index (Phi) is 5.63. The summed E-state index contributed by atoms with van der Waals surface area (Å²) in [5.41, 5.74) is 0.965. The molecule has 1 rings (SSSR count). The third kappa shape index (κ3) is 4.53. The van der Waals surface area contributed by atoms with Crippen LogP contribution in [0.1, 0.15) is 29.3 Å². The van der Waals surface area contributed by atoms with Gasteiger partial charge in [-0.05, 0) is 44.0 Å². The fraction of sp³-hybridized carbons (Fsp3) is 0.462. The van der Waals surface area contributed by atoms with E-state index in [9.17, 15) is 9.18 Å². The van der Waals surface area contributed by atoms with Crippen LogP contribution in [0.3, 0.4) is 0 Å². The number of carbonyl (C=O) groups is 1. The molecule has 1 aromatic rings. The highest BCUT2D eigenvalue weighted by Crippen LogP contribution is 2.08. The van der Waals surface area contributed by atoms with E-state index in [0.717, 1.165) is 6.42 Å².